The summed E-state index contributed by atoms with van der Waals surface area (Å²) in [6, 6.07) is 3.97. The van der Waals surface area contributed by atoms with Crippen LogP contribution in [0.3, 0.4) is 0 Å². The van der Waals surface area contributed by atoms with Crippen molar-refractivity contribution >= 4 is 28.8 Å². The van der Waals surface area contributed by atoms with Crippen LogP contribution in [0.5, 0.6) is 0 Å². The molecule has 1 aliphatic carbocycles. The van der Waals surface area contributed by atoms with Gasteiger partial charge < -0.3 is 4.74 Å². The van der Waals surface area contributed by atoms with Crippen molar-refractivity contribution in [2.24, 2.45) is 0 Å². The minimum Gasteiger partial charge on any atom is -0.457 e. The first-order valence-electron chi connectivity index (χ1n) is 7.10. The molecule has 0 heterocycles. The van der Waals surface area contributed by atoms with Crippen molar-refractivity contribution in [1.29, 1.82) is 0 Å². The van der Waals surface area contributed by atoms with Crippen molar-refractivity contribution in [3.8, 4) is 0 Å². The first-order valence-corrected chi connectivity index (χ1v) is 7.48. The van der Waals surface area contributed by atoms with Crippen LogP contribution < -0.4 is 0 Å². The van der Waals surface area contributed by atoms with Crippen molar-refractivity contribution in [2.75, 3.05) is 0 Å². The number of allylic oxidation sites excluding steroid dienone is 1. The number of carbonyl (C=O) groups excluding carboxylic acids is 1. The SMILES string of the molecule is CC(C)(C)OC(=O)C=C(c1ccc(Cl)c([N+](=O)[O-])c1)C1(F)CC1. The third-order valence-corrected chi connectivity index (χ3v) is 3.61. The summed E-state index contributed by atoms with van der Waals surface area (Å²) in [5.41, 5.74) is -2.35. The normalized spacial score (nSPS) is 16.8. The molecule has 23 heavy (non-hydrogen) atoms. The molecule has 7 heteroatoms. The molecule has 1 aromatic rings. The van der Waals surface area contributed by atoms with E-state index >= 15 is 0 Å². The second-order valence-electron chi connectivity index (χ2n) is 6.48. The Bertz CT molecular complexity index is 690. The highest BCUT2D eigenvalue weighted by molar-refractivity contribution is 6.32. The lowest BCUT2D eigenvalue weighted by molar-refractivity contribution is -0.384. The molecule has 0 aliphatic heterocycles. The molecule has 0 spiro atoms. The van der Waals surface area contributed by atoms with Crippen molar-refractivity contribution in [2.45, 2.75) is 44.9 Å². The highest BCUT2D eigenvalue weighted by Gasteiger charge is 2.48. The van der Waals surface area contributed by atoms with E-state index in [0.29, 0.717) is 0 Å². The number of nitrogens with zero attached hydrogens (tertiary/aromatic N) is 1. The van der Waals surface area contributed by atoms with Gasteiger partial charge in [-0.3, -0.25) is 10.1 Å². The average Bonchev–Trinajstić information content (AvgIpc) is 3.13. The number of nitro groups is 1. The largest absolute Gasteiger partial charge is 0.457 e. The summed E-state index contributed by atoms with van der Waals surface area (Å²) in [4.78, 5) is 22.3. The Hall–Kier alpha value is -1.95. The quantitative estimate of drug-likeness (QED) is 0.350. The Morgan fingerprint density at radius 1 is 1.43 bits per heavy atom. The van der Waals surface area contributed by atoms with Crippen LogP contribution in [0.2, 0.25) is 5.02 Å². The number of benzene rings is 1. The summed E-state index contributed by atoms with van der Waals surface area (Å²) >= 11 is 5.77. The lowest BCUT2D eigenvalue weighted by Gasteiger charge is -2.19. The molecular weight excluding hydrogens is 325 g/mol. The van der Waals surface area contributed by atoms with Crippen LogP contribution in [-0.2, 0) is 9.53 Å². The monoisotopic (exact) mass is 341 g/mol. The number of hydrogen-bond donors (Lipinski definition) is 0. The zero-order valence-corrected chi connectivity index (χ0v) is 13.8. The average molecular weight is 342 g/mol. The Balaban J connectivity index is 2.43. The lowest BCUT2D eigenvalue weighted by atomic mass is 9.98. The van der Waals surface area contributed by atoms with Crippen molar-refractivity contribution in [1.82, 2.24) is 0 Å². The van der Waals surface area contributed by atoms with Crippen LogP contribution in [-0.4, -0.2) is 22.2 Å². The van der Waals surface area contributed by atoms with Gasteiger partial charge in [0.25, 0.3) is 5.69 Å². The molecule has 0 aromatic heterocycles. The number of esters is 1. The third kappa shape index (κ3) is 4.28. The van der Waals surface area contributed by atoms with Gasteiger partial charge in [0.05, 0.1) is 4.92 Å². The third-order valence-electron chi connectivity index (χ3n) is 3.29. The molecule has 1 fully saturated rings. The van der Waals surface area contributed by atoms with E-state index in [-0.39, 0.29) is 34.7 Å². The van der Waals surface area contributed by atoms with E-state index in [2.05, 4.69) is 0 Å². The lowest BCUT2D eigenvalue weighted by Crippen LogP contribution is -2.23. The van der Waals surface area contributed by atoms with Gasteiger partial charge in [0, 0.05) is 17.7 Å². The van der Waals surface area contributed by atoms with Gasteiger partial charge in [-0.2, -0.15) is 0 Å². The van der Waals surface area contributed by atoms with Gasteiger partial charge >= 0.3 is 5.97 Å². The standard InChI is InChI=1S/C16H17ClFNO4/c1-15(2,3)23-14(20)9-11(16(18)6-7-16)10-4-5-12(17)13(8-10)19(21)22/h4-5,8-9H,6-7H2,1-3H3. The maximum absolute atomic E-state index is 14.6. The van der Waals surface area contributed by atoms with Crippen LogP contribution in [0, 0.1) is 10.1 Å². The summed E-state index contributed by atoms with van der Waals surface area (Å²) in [7, 11) is 0. The van der Waals surface area contributed by atoms with Crippen molar-refractivity contribution < 1.29 is 18.8 Å². The molecule has 0 radical (unpaired) electrons. The molecule has 0 bridgehead atoms. The molecule has 0 atom stereocenters. The summed E-state index contributed by atoms with van der Waals surface area (Å²) < 4.78 is 19.8. The van der Waals surface area contributed by atoms with E-state index in [1.165, 1.54) is 18.2 Å². The Morgan fingerprint density at radius 2 is 2.04 bits per heavy atom. The smallest absolute Gasteiger partial charge is 0.331 e. The Kier molecular flexibility index (Phi) is 4.48. The zero-order valence-electron chi connectivity index (χ0n) is 13.1. The van der Waals surface area contributed by atoms with E-state index in [0.717, 1.165) is 6.08 Å². The molecule has 1 aliphatic rings. The zero-order chi connectivity index (χ0) is 17.4. The number of nitro benzene ring substituents is 1. The molecule has 2 rings (SSSR count). The van der Waals surface area contributed by atoms with E-state index in [1.54, 1.807) is 20.8 Å². The fourth-order valence-electron chi connectivity index (χ4n) is 2.12. The highest BCUT2D eigenvalue weighted by atomic mass is 35.5. The fraction of sp³-hybridized carbons (Fsp3) is 0.438. The molecule has 0 N–H and O–H groups in total. The number of hydrogen-bond acceptors (Lipinski definition) is 4. The molecule has 0 saturated heterocycles. The molecular formula is C16H17ClFNO4. The van der Waals surface area contributed by atoms with Crippen LogP contribution >= 0.6 is 11.6 Å². The van der Waals surface area contributed by atoms with E-state index in [4.69, 9.17) is 16.3 Å². The number of rotatable bonds is 4. The van der Waals surface area contributed by atoms with Gasteiger partial charge in [-0.25, -0.2) is 9.18 Å². The van der Waals surface area contributed by atoms with Crippen LogP contribution in [0.4, 0.5) is 10.1 Å². The minimum absolute atomic E-state index is 0.0425. The van der Waals surface area contributed by atoms with Gasteiger partial charge in [-0.15, -0.1) is 0 Å². The van der Waals surface area contributed by atoms with Gasteiger partial charge in [-0.05, 0) is 45.2 Å². The number of alkyl halides is 1. The molecule has 5 nitrogen and oxygen atoms in total. The number of halogens is 2. The first kappa shape index (κ1) is 17.4. The van der Waals surface area contributed by atoms with E-state index in [9.17, 15) is 19.3 Å². The predicted octanol–water partition coefficient (Wildman–Crippen LogP) is 4.48. The molecule has 124 valence electrons. The highest BCUT2D eigenvalue weighted by Crippen LogP contribution is 2.51. The summed E-state index contributed by atoms with van der Waals surface area (Å²) in [5.74, 6) is -0.686. The maximum atomic E-state index is 14.6. The topological polar surface area (TPSA) is 69.4 Å². The molecule has 1 saturated carbocycles. The van der Waals surface area contributed by atoms with Crippen molar-refractivity contribution in [3.63, 3.8) is 0 Å². The summed E-state index contributed by atoms with van der Waals surface area (Å²) in [5, 5.41) is 10.9. The second kappa shape index (κ2) is 5.92. The van der Waals surface area contributed by atoms with Gasteiger partial charge in [0.2, 0.25) is 0 Å². The van der Waals surface area contributed by atoms with Gasteiger partial charge in [-0.1, -0.05) is 17.7 Å². The second-order valence-corrected chi connectivity index (χ2v) is 6.89. The maximum Gasteiger partial charge on any atom is 0.331 e. The minimum atomic E-state index is -1.65. The predicted molar refractivity (Wildman–Crippen MR) is 85.0 cm³/mol. The van der Waals surface area contributed by atoms with Crippen molar-refractivity contribution in [3.05, 3.63) is 45.0 Å². The van der Waals surface area contributed by atoms with E-state index < -0.39 is 22.2 Å². The molecule has 1 aromatic carbocycles. The van der Waals surface area contributed by atoms with Crippen LogP contribution in [0.25, 0.3) is 5.57 Å². The Labute approximate surface area is 138 Å². The fourth-order valence-corrected chi connectivity index (χ4v) is 2.31. The summed E-state index contributed by atoms with van der Waals surface area (Å²) in [6.45, 7) is 5.11. The number of carbonyl (C=O) groups is 1. The molecule has 0 amide bonds. The van der Waals surface area contributed by atoms with Gasteiger partial charge in [0.15, 0.2) is 0 Å². The van der Waals surface area contributed by atoms with Crippen LogP contribution in [0.15, 0.2) is 24.3 Å². The van der Waals surface area contributed by atoms with E-state index in [1.807, 2.05) is 0 Å². The van der Waals surface area contributed by atoms with Gasteiger partial charge in [0.1, 0.15) is 16.3 Å². The first-order chi connectivity index (χ1) is 10.5. The molecule has 0 unspecified atom stereocenters. The number of ether oxygens (including phenoxy) is 1. The summed E-state index contributed by atoms with van der Waals surface area (Å²) in [6.07, 6.45) is 1.60. The van der Waals surface area contributed by atoms with Crippen LogP contribution in [0.1, 0.15) is 39.2 Å². The Morgan fingerprint density at radius 3 is 2.52 bits per heavy atom.